The van der Waals surface area contributed by atoms with Gasteiger partial charge in [0.15, 0.2) is 0 Å². The Bertz CT molecular complexity index is 643. The smallest absolute Gasteiger partial charge is 0.335 e. The number of aliphatic hydroxyl groups excluding tert-OH is 2. The minimum absolute atomic E-state index is 0.120. The van der Waals surface area contributed by atoms with E-state index in [1.165, 1.54) is 17.0 Å². The minimum Gasteiger partial charge on any atom is -0.478 e. The van der Waals surface area contributed by atoms with Crippen molar-refractivity contribution in [3.63, 3.8) is 0 Å². The molecule has 1 saturated heterocycles. The van der Waals surface area contributed by atoms with Crippen LogP contribution in [0.1, 0.15) is 55.8 Å². The summed E-state index contributed by atoms with van der Waals surface area (Å²) in [5.41, 5.74) is 0.0922. The van der Waals surface area contributed by atoms with E-state index in [0.717, 1.165) is 25.7 Å². The van der Waals surface area contributed by atoms with Crippen molar-refractivity contribution in [3.8, 4) is 0 Å². The number of unbranched alkanes of at least 4 members (excludes halogenated alkanes) is 3. The van der Waals surface area contributed by atoms with Gasteiger partial charge in [-0.1, -0.05) is 26.2 Å². The van der Waals surface area contributed by atoms with Crippen LogP contribution in [-0.4, -0.2) is 52.5 Å². The monoisotopic (exact) mass is 364 g/mol. The molecule has 7 heteroatoms. The van der Waals surface area contributed by atoms with Crippen LogP contribution in [0.25, 0.3) is 0 Å². The topological polar surface area (TPSA) is 110 Å². The van der Waals surface area contributed by atoms with Crippen LogP contribution in [0.15, 0.2) is 18.2 Å². The first kappa shape index (κ1) is 20.2. The van der Waals surface area contributed by atoms with E-state index in [4.69, 9.17) is 0 Å². The number of carbonyl (C=O) groups is 2. The van der Waals surface area contributed by atoms with Crippen molar-refractivity contribution in [2.45, 2.75) is 51.0 Å². The van der Waals surface area contributed by atoms with E-state index < -0.39 is 11.5 Å². The number of nitrogens with zero attached hydrogens (tertiary/aromatic N) is 1. The van der Waals surface area contributed by atoms with Gasteiger partial charge < -0.3 is 20.6 Å². The highest BCUT2D eigenvalue weighted by Crippen LogP contribution is 2.39. The Morgan fingerprint density at radius 1 is 1.23 bits per heavy atom. The van der Waals surface area contributed by atoms with Crippen LogP contribution < -0.4 is 10.2 Å². The Labute approximate surface area is 153 Å². The fraction of sp³-hybridized carbons (Fsp3) is 0.579. The summed E-state index contributed by atoms with van der Waals surface area (Å²) < 4.78 is 0. The summed E-state index contributed by atoms with van der Waals surface area (Å²) in [6, 6.07) is 4.51. The fourth-order valence-corrected chi connectivity index (χ4v) is 3.35. The fourth-order valence-electron chi connectivity index (χ4n) is 3.35. The number of carbonyl (C=O) groups excluding carboxylic acids is 1. The van der Waals surface area contributed by atoms with Crippen molar-refractivity contribution in [1.82, 2.24) is 0 Å². The van der Waals surface area contributed by atoms with Crippen LogP contribution in [0.3, 0.4) is 0 Å². The van der Waals surface area contributed by atoms with Gasteiger partial charge in [-0.05, 0) is 31.0 Å². The number of nitrogens with one attached hydrogen (secondary N) is 1. The summed E-state index contributed by atoms with van der Waals surface area (Å²) in [7, 11) is 0. The third-order valence-electron chi connectivity index (χ3n) is 4.95. The second-order valence-corrected chi connectivity index (χ2v) is 6.79. The number of aromatic carboxylic acids is 1. The third-order valence-corrected chi connectivity index (χ3v) is 4.95. The standard InChI is InChI=1S/C19H28N2O5/c1-2-3-4-5-10-20-15-11-14(18(25)26)6-7-16(15)21-17(24)8-9-19(21,12-22)13-23/h6-7,11,20,22-23H,2-5,8-10,12-13H2,1H3,(H,25,26). The van der Waals surface area contributed by atoms with E-state index in [1.54, 1.807) is 6.07 Å². The molecule has 0 radical (unpaired) electrons. The van der Waals surface area contributed by atoms with Gasteiger partial charge in [0.25, 0.3) is 0 Å². The molecule has 1 aliphatic rings. The molecule has 2 rings (SSSR count). The van der Waals surface area contributed by atoms with Crippen LogP contribution >= 0.6 is 0 Å². The lowest BCUT2D eigenvalue weighted by Crippen LogP contribution is -2.52. The summed E-state index contributed by atoms with van der Waals surface area (Å²) in [6.07, 6.45) is 4.85. The van der Waals surface area contributed by atoms with E-state index in [1.807, 2.05) is 0 Å². The summed E-state index contributed by atoms with van der Waals surface area (Å²) in [5, 5.41) is 32.1. The largest absolute Gasteiger partial charge is 0.478 e. The summed E-state index contributed by atoms with van der Waals surface area (Å²) in [4.78, 5) is 25.2. The first-order chi connectivity index (χ1) is 12.5. The van der Waals surface area contributed by atoms with E-state index in [0.29, 0.717) is 24.3 Å². The average Bonchev–Trinajstić information content (AvgIpc) is 2.98. The molecule has 0 saturated carbocycles. The number of amides is 1. The molecule has 1 aromatic carbocycles. The van der Waals surface area contributed by atoms with Crippen molar-refractivity contribution in [2.75, 3.05) is 30.0 Å². The summed E-state index contributed by atoms with van der Waals surface area (Å²) >= 11 is 0. The zero-order valence-corrected chi connectivity index (χ0v) is 15.2. The number of aliphatic hydroxyl groups is 2. The molecule has 0 unspecified atom stereocenters. The molecular weight excluding hydrogens is 336 g/mol. The van der Waals surface area contributed by atoms with Gasteiger partial charge in [-0.15, -0.1) is 0 Å². The predicted molar refractivity (Wildman–Crippen MR) is 99.7 cm³/mol. The maximum absolute atomic E-state index is 12.5. The molecule has 4 N–H and O–H groups in total. The number of benzene rings is 1. The molecule has 1 aromatic rings. The van der Waals surface area contributed by atoms with Gasteiger partial charge in [-0.2, -0.15) is 0 Å². The second-order valence-electron chi connectivity index (χ2n) is 6.79. The summed E-state index contributed by atoms with van der Waals surface area (Å²) in [6.45, 7) is 2.07. The van der Waals surface area contributed by atoms with E-state index in [2.05, 4.69) is 12.2 Å². The normalized spacial score (nSPS) is 16.1. The van der Waals surface area contributed by atoms with Gasteiger partial charge in [-0.25, -0.2) is 4.79 Å². The van der Waals surface area contributed by atoms with Crippen molar-refractivity contribution >= 4 is 23.3 Å². The van der Waals surface area contributed by atoms with Gasteiger partial charge in [-0.3, -0.25) is 9.69 Å². The number of hydrogen-bond acceptors (Lipinski definition) is 5. The molecule has 144 valence electrons. The minimum atomic E-state index is -1.06. The quantitative estimate of drug-likeness (QED) is 0.474. The highest BCUT2D eigenvalue weighted by atomic mass is 16.4. The van der Waals surface area contributed by atoms with Gasteiger partial charge >= 0.3 is 5.97 Å². The Balaban J connectivity index is 2.33. The Morgan fingerprint density at radius 3 is 2.58 bits per heavy atom. The third kappa shape index (κ3) is 4.16. The van der Waals surface area contributed by atoms with Gasteiger partial charge in [0.2, 0.25) is 5.91 Å². The number of carboxylic acid groups (broad SMARTS) is 1. The van der Waals surface area contributed by atoms with Crippen LogP contribution in [0.2, 0.25) is 0 Å². The van der Waals surface area contributed by atoms with E-state index >= 15 is 0 Å². The lowest BCUT2D eigenvalue weighted by Gasteiger charge is -2.36. The van der Waals surface area contributed by atoms with Gasteiger partial charge in [0.1, 0.15) is 0 Å². The molecular formula is C19H28N2O5. The number of anilines is 2. The Kier molecular flexibility index (Phi) is 6.99. The molecule has 0 bridgehead atoms. The maximum atomic E-state index is 12.5. The van der Waals surface area contributed by atoms with Crippen LogP contribution in [-0.2, 0) is 4.79 Å². The molecule has 0 aromatic heterocycles. The molecule has 1 amide bonds. The molecule has 1 aliphatic heterocycles. The van der Waals surface area contributed by atoms with Crippen molar-refractivity contribution < 1.29 is 24.9 Å². The molecule has 0 aliphatic carbocycles. The van der Waals surface area contributed by atoms with Crippen molar-refractivity contribution in [1.29, 1.82) is 0 Å². The van der Waals surface area contributed by atoms with Crippen LogP contribution in [0.4, 0.5) is 11.4 Å². The first-order valence-electron chi connectivity index (χ1n) is 9.15. The zero-order chi connectivity index (χ0) is 19.2. The van der Waals surface area contributed by atoms with Crippen molar-refractivity contribution in [2.24, 2.45) is 0 Å². The Hall–Kier alpha value is -2.12. The SMILES string of the molecule is CCCCCCNc1cc(C(=O)O)ccc1N1C(=O)CCC1(CO)CO. The number of hydrogen-bond donors (Lipinski definition) is 4. The molecule has 1 fully saturated rings. The predicted octanol–water partition coefficient (Wildman–Crippen LogP) is 2.23. The van der Waals surface area contributed by atoms with Gasteiger partial charge in [0, 0.05) is 13.0 Å². The lowest BCUT2D eigenvalue weighted by molar-refractivity contribution is -0.117. The average molecular weight is 364 g/mol. The highest BCUT2D eigenvalue weighted by molar-refractivity contribution is 6.01. The molecule has 1 heterocycles. The zero-order valence-electron chi connectivity index (χ0n) is 15.2. The molecule has 0 atom stereocenters. The van der Waals surface area contributed by atoms with E-state index in [-0.39, 0.29) is 31.1 Å². The van der Waals surface area contributed by atoms with E-state index in [9.17, 15) is 24.9 Å². The number of carboxylic acids is 1. The van der Waals surface area contributed by atoms with Crippen LogP contribution in [0.5, 0.6) is 0 Å². The van der Waals surface area contributed by atoms with Gasteiger partial charge in [0.05, 0.1) is 35.7 Å². The molecule has 0 spiro atoms. The molecule has 7 nitrogen and oxygen atoms in total. The maximum Gasteiger partial charge on any atom is 0.335 e. The first-order valence-corrected chi connectivity index (χ1v) is 9.15. The second kappa shape index (κ2) is 9.00. The summed E-state index contributed by atoms with van der Waals surface area (Å²) in [5.74, 6) is -1.24. The van der Waals surface area contributed by atoms with Crippen molar-refractivity contribution in [3.05, 3.63) is 23.8 Å². The number of rotatable bonds is 10. The molecule has 26 heavy (non-hydrogen) atoms. The highest BCUT2D eigenvalue weighted by Gasteiger charge is 2.46. The lowest BCUT2D eigenvalue weighted by atomic mass is 9.97. The van der Waals surface area contributed by atoms with Crippen LogP contribution in [0, 0.1) is 0 Å². The Morgan fingerprint density at radius 2 is 1.96 bits per heavy atom.